The Kier molecular flexibility index (Phi) is 5.00. The number of carbonyl (C=O) groups is 1. The van der Waals surface area contributed by atoms with Crippen LogP contribution in [-0.4, -0.2) is 28.5 Å². The molecular weight excluding hydrogens is 298 g/mol. The Hall–Kier alpha value is -2.13. The normalized spacial score (nSPS) is 19.9. The van der Waals surface area contributed by atoms with E-state index >= 15 is 0 Å². The number of nitrogens with zero attached hydrogens (tertiary/aromatic N) is 1. The highest BCUT2D eigenvalue weighted by Crippen LogP contribution is 2.28. The molecule has 0 saturated carbocycles. The van der Waals surface area contributed by atoms with Crippen LogP contribution < -0.4 is 0 Å². The molecule has 1 fully saturated rings. The molecule has 3 rings (SSSR count). The molecule has 2 aromatic carbocycles. The summed E-state index contributed by atoms with van der Waals surface area (Å²) in [6, 6.07) is 20.0. The molecule has 126 valence electrons. The molecule has 1 amide bonds. The molecule has 0 radical (unpaired) electrons. The number of carbonyl (C=O) groups excluding carboxylic acids is 1. The Morgan fingerprint density at radius 1 is 1.12 bits per heavy atom. The molecule has 0 bridgehead atoms. The number of likely N-dealkylation sites (tertiary alicyclic amines) is 1. The van der Waals surface area contributed by atoms with E-state index in [1.807, 2.05) is 53.4 Å². The Bertz CT molecular complexity index is 667. The van der Waals surface area contributed by atoms with Gasteiger partial charge in [0.1, 0.15) is 0 Å². The van der Waals surface area contributed by atoms with Gasteiger partial charge in [-0.25, -0.2) is 0 Å². The second-order valence-corrected chi connectivity index (χ2v) is 6.89. The van der Waals surface area contributed by atoms with Gasteiger partial charge in [-0.1, -0.05) is 60.7 Å². The van der Waals surface area contributed by atoms with Crippen molar-refractivity contribution >= 4 is 5.91 Å². The summed E-state index contributed by atoms with van der Waals surface area (Å²) in [6.45, 7) is 2.52. The topological polar surface area (TPSA) is 40.5 Å². The third-order valence-electron chi connectivity index (χ3n) is 4.90. The number of hydrogen-bond donors (Lipinski definition) is 1. The Labute approximate surface area is 143 Å². The largest absolute Gasteiger partial charge is 0.385 e. The number of amides is 1. The minimum absolute atomic E-state index is 0.0438. The molecule has 0 aliphatic carbocycles. The van der Waals surface area contributed by atoms with E-state index in [2.05, 4.69) is 12.1 Å². The van der Waals surface area contributed by atoms with Gasteiger partial charge in [0.2, 0.25) is 5.91 Å². The monoisotopic (exact) mass is 323 g/mol. The second-order valence-electron chi connectivity index (χ2n) is 6.89. The van der Waals surface area contributed by atoms with Crippen LogP contribution in [0.2, 0.25) is 0 Å². The smallest absolute Gasteiger partial charge is 0.226 e. The number of hydrogen-bond acceptors (Lipinski definition) is 2. The van der Waals surface area contributed by atoms with Crippen molar-refractivity contribution in [3.05, 3.63) is 71.8 Å². The minimum Gasteiger partial charge on any atom is -0.385 e. The van der Waals surface area contributed by atoms with Gasteiger partial charge in [-0.05, 0) is 37.3 Å². The number of benzene rings is 2. The maximum atomic E-state index is 12.8. The van der Waals surface area contributed by atoms with Gasteiger partial charge in [0.05, 0.1) is 12.0 Å². The molecule has 2 atom stereocenters. The highest BCUT2D eigenvalue weighted by molar-refractivity contribution is 5.78. The first-order chi connectivity index (χ1) is 11.6. The van der Waals surface area contributed by atoms with E-state index in [-0.39, 0.29) is 18.4 Å². The molecule has 1 aliphatic heterocycles. The summed E-state index contributed by atoms with van der Waals surface area (Å²) in [5, 5.41) is 10.7. The van der Waals surface area contributed by atoms with Gasteiger partial charge < -0.3 is 10.0 Å². The summed E-state index contributed by atoms with van der Waals surface area (Å²) in [4.78, 5) is 14.8. The summed E-state index contributed by atoms with van der Waals surface area (Å²) in [6.07, 6.45) is 3.09. The standard InChI is InChI=1S/C21H25NO2/c1-21(24,18-11-6-3-7-12-18)16-20(23)22-14-8-13-19(22)15-17-9-4-2-5-10-17/h2-7,9-12,19,24H,8,13-16H2,1H3. The molecule has 1 N–H and O–H groups in total. The van der Waals surface area contributed by atoms with Crippen molar-refractivity contribution in [2.45, 2.75) is 44.2 Å². The lowest BCUT2D eigenvalue weighted by atomic mass is 9.91. The van der Waals surface area contributed by atoms with E-state index in [0.717, 1.165) is 31.4 Å². The van der Waals surface area contributed by atoms with Crippen LogP contribution >= 0.6 is 0 Å². The SMILES string of the molecule is CC(O)(CC(=O)N1CCCC1Cc1ccccc1)c1ccccc1. The summed E-state index contributed by atoms with van der Waals surface area (Å²) in [5.41, 5.74) is 0.923. The minimum atomic E-state index is -1.13. The van der Waals surface area contributed by atoms with Crippen molar-refractivity contribution in [1.29, 1.82) is 0 Å². The van der Waals surface area contributed by atoms with Crippen molar-refractivity contribution < 1.29 is 9.90 Å². The van der Waals surface area contributed by atoms with Crippen LogP contribution in [0, 0.1) is 0 Å². The van der Waals surface area contributed by atoms with Crippen molar-refractivity contribution in [3.8, 4) is 0 Å². The second kappa shape index (κ2) is 7.18. The van der Waals surface area contributed by atoms with E-state index in [1.54, 1.807) is 6.92 Å². The molecule has 3 nitrogen and oxygen atoms in total. The fourth-order valence-corrected chi connectivity index (χ4v) is 3.56. The van der Waals surface area contributed by atoms with Gasteiger partial charge >= 0.3 is 0 Å². The molecule has 1 heterocycles. The zero-order valence-corrected chi connectivity index (χ0v) is 14.2. The van der Waals surface area contributed by atoms with Crippen LogP contribution in [0.3, 0.4) is 0 Å². The van der Waals surface area contributed by atoms with Crippen molar-refractivity contribution in [2.75, 3.05) is 6.54 Å². The fraction of sp³-hybridized carbons (Fsp3) is 0.381. The maximum Gasteiger partial charge on any atom is 0.226 e. The average Bonchev–Trinajstić information content (AvgIpc) is 3.04. The number of rotatable bonds is 5. The lowest BCUT2D eigenvalue weighted by Crippen LogP contribution is -2.40. The van der Waals surface area contributed by atoms with Crippen LogP contribution in [-0.2, 0) is 16.8 Å². The van der Waals surface area contributed by atoms with Crippen LogP contribution in [0.25, 0.3) is 0 Å². The fourth-order valence-electron chi connectivity index (χ4n) is 3.56. The molecule has 0 aromatic heterocycles. The first kappa shape index (κ1) is 16.7. The van der Waals surface area contributed by atoms with Gasteiger partial charge in [0, 0.05) is 12.6 Å². The first-order valence-corrected chi connectivity index (χ1v) is 8.67. The van der Waals surface area contributed by atoms with Gasteiger partial charge in [0.25, 0.3) is 0 Å². The molecule has 24 heavy (non-hydrogen) atoms. The molecule has 1 aliphatic rings. The van der Waals surface area contributed by atoms with Crippen molar-refractivity contribution in [2.24, 2.45) is 0 Å². The van der Waals surface area contributed by atoms with Gasteiger partial charge in [0.15, 0.2) is 0 Å². The van der Waals surface area contributed by atoms with Crippen LogP contribution in [0.1, 0.15) is 37.3 Å². The third-order valence-corrected chi connectivity index (χ3v) is 4.90. The lowest BCUT2D eigenvalue weighted by Gasteiger charge is -2.30. The predicted molar refractivity (Wildman–Crippen MR) is 95.5 cm³/mol. The highest BCUT2D eigenvalue weighted by atomic mass is 16.3. The van der Waals surface area contributed by atoms with E-state index < -0.39 is 5.60 Å². The van der Waals surface area contributed by atoms with Gasteiger partial charge in [-0.3, -0.25) is 4.79 Å². The third kappa shape index (κ3) is 3.85. The quantitative estimate of drug-likeness (QED) is 0.914. The molecule has 3 heteroatoms. The van der Waals surface area contributed by atoms with E-state index in [4.69, 9.17) is 0 Å². The van der Waals surface area contributed by atoms with E-state index in [9.17, 15) is 9.90 Å². The molecule has 1 saturated heterocycles. The van der Waals surface area contributed by atoms with Crippen LogP contribution in [0.5, 0.6) is 0 Å². The maximum absolute atomic E-state index is 12.8. The molecule has 0 spiro atoms. The summed E-state index contributed by atoms with van der Waals surface area (Å²) in [7, 11) is 0. The van der Waals surface area contributed by atoms with Crippen LogP contribution in [0.15, 0.2) is 60.7 Å². The summed E-state index contributed by atoms with van der Waals surface area (Å²) >= 11 is 0. The van der Waals surface area contributed by atoms with Gasteiger partial charge in [-0.15, -0.1) is 0 Å². The Balaban J connectivity index is 1.67. The average molecular weight is 323 g/mol. The van der Waals surface area contributed by atoms with Crippen LogP contribution in [0.4, 0.5) is 0 Å². The molecular formula is C21H25NO2. The lowest BCUT2D eigenvalue weighted by molar-refractivity contribution is -0.137. The van der Waals surface area contributed by atoms with E-state index in [1.165, 1.54) is 5.56 Å². The molecule has 2 aromatic rings. The molecule has 2 unspecified atom stereocenters. The van der Waals surface area contributed by atoms with Crippen molar-refractivity contribution in [3.63, 3.8) is 0 Å². The first-order valence-electron chi connectivity index (χ1n) is 8.67. The Morgan fingerprint density at radius 2 is 1.75 bits per heavy atom. The zero-order valence-electron chi connectivity index (χ0n) is 14.2. The van der Waals surface area contributed by atoms with E-state index in [0.29, 0.717) is 0 Å². The Morgan fingerprint density at radius 3 is 2.42 bits per heavy atom. The predicted octanol–water partition coefficient (Wildman–Crippen LogP) is 3.52. The zero-order chi connectivity index (χ0) is 17.0. The summed E-state index contributed by atoms with van der Waals surface area (Å²) < 4.78 is 0. The summed E-state index contributed by atoms with van der Waals surface area (Å²) in [5.74, 6) is 0.0438. The number of aliphatic hydroxyl groups is 1. The van der Waals surface area contributed by atoms with Gasteiger partial charge in [-0.2, -0.15) is 0 Å². The van der Waals surface area contributed by atoms with Crippen molar-refractivity contribution in [1.82, 2.24) is 4.90 Å². The highest BCUT2D eigenvalue weighted by Gasteiger charge is 2.34.